The van der Waals surface area contributed by atoms with Gasteiger partial charge in [0.2, 0.25) is 5.91 Å². The summed E-state index contributed by atoms with van der Waals surface area (Å²) in [5, 5.41) is 3.99. The number of nitrogens with one attached hydrogen (secondary N) is 1. The Morgan fingerprint density at radius 2 is 1.95 bits per heavy atom. The molecule has 1 aromatic carbocycles. The number of nitrogen functional groups attached to an aromatic ring is 1. The Bertz CT molecular complexity index is 683. The van der Waals surface area contributed by atoms with Crippen LogP contribution >= 0.6 is 11.3 Å². The Balaban J connectivity index is 2.34. The molecule has 2 aromatic rings. The van der Waals surface area contributed by atoms with Gasteiger partial charge in [-0.3, -0.25) is 4.79 Å². The molecule has 0 aliphatic rings. The number of hydrogen-bond donors (Lipinski definition) is 2. The van der Waals surface area contributed by atoms with Crippen LogP contribution in [0, 0.1) is 19.3 Å². The molecule has 4 nitrogen and oxygen atoms in total. The lowest BCUT2D eigenvalue weighted by atomic mass is 9.96. The Labute approximate surface area is 129 Å². The highest BCUT2D eigenvalue weighted by molar-refractivity contribution is 7.20. The summed E-state index contributed by atoms with van der Waals surface area (Å²) in [4.78, 5) is 16.5. The van der Waals surface area contributed by atoms with Gasteiger partial charge in [0.05, 0.1) is 0 Å². The van der Waals surface area contributed by atoms with Gasteiger partial charge in [0.15, 0.2) is 5.13 Å². The minimum absolute atomic E-state index is 0.0663. The lowest BCUT2D eigenvalue weighted by Crippen LogP contribution is -2.27. The van der Waals surface area contributed by atoms with Crippen molar-refractivity contribution in [1.29, 1.82) is 0 Å². The topological polar surface area (TPSA) is 68.0 Å². The fourth-order valence-corrected chi connectivity index (χ4v) is 2.68. The molecule has 0 atom stereocenters. The van der Waals surface area contributed by atoms with E-state index < -0.39 is 5.41 Å². The Morgan fingerprint density at radius 1 is 1.29 bits per heavy atom. The van der Waals surface area contributed by atoms with E-state index >= 15 is 0 Å². The van der Waals surface area contributed by atoms with Crippen LogP contribution in [0.15, 0.2) is 18.2 Å². The van der Waals surface area contributed by atoms with E-state index in [9.17, 15) is 4.79 Å². The third kappa shape index (κ3) is 3.42. The van der Waals surface area contributed by atoms with Crippen molar-refractivity contribution < 1.29 is 4.79 Å². The Hall–Kier alpha value is -1.88. The van der Waals surface area contributed by atoms with E-state index in [-0.39, 0.29) is 5.91 Å². The van der Waals surface area contributed by atoms with Gasteiger partial charge in [-0.2, -0.15) is 0 Å². The summed E-state index contributed by atoms with van der Waals surface area (Å²) in [6, 6.07) is 6.15. The molecule has 21 heavy (non-hydrogen) atoms. The molecule has 0 fully saturated rings. The van der Waals surface area contributed by atoms with E-state index in [4.69, 9.17) is 5.73 Å². The van der Waals surface area contributed by atoms with Crippen molar-refractivity contribution in [2.45, 2.75) is 34.6 Å². The van der Waals surface area contributed by atoms with Gasteiger partial charge in [0.1, 0.15) is 10.7 Å². The third-order valence-corrected chi connectivity index (χ3v) is 3.99. The fraction of sp³-hybridized carbons (Fsp3) is 0.375. The predicted molar refractivity (Wildman–Crippen MR) is 89.5 cm³/mol. The largest absolute Gasteiger partial charge is 0.389 e. The number of amides is 1. The quantitative estimate of drug-likeness (QED) is 0.881. The number of thiazole rings is 1. The zero-order chi connectivity index (χ0) is 15.8. The van der Waals surface area contributed by atoms with Gasteiger partial charge >= 0.3 is 0 Å². The summed E-state index contributed by atoms with van der Waals surface area (Å²) in [5.74, 6) is -0.0663. The van der Waals surface area contributed by atoms with Crippen molar-refractivity contribution >= 4 is 27.4 Å². The molecule has 0 saturated heterocycles. The summed E-state index contributed by atoms with van der Waals surface area (Å²) >= 11 is 1.30. The van der Waals surface area contributed by atoms with Gasteiger partial charge in [-0.25, -0.2) is 4.98 Å². The number of rotatable bonds is 2. The number of carbonyl (C=O) groups is 1. The van der Waals surface area contributed by atoms with Crippen molar-refractivity contribution in [3.63, 3.8) is 0 Å². The summed E-state index contributed by atoms with van der Waals surface area (Å²) in [6.07, 6.45) is 0. The lowest BCUT2D eigenvalue weighted by molar-refractivity contribution is -0.123. The molecule has 1 heterocycles. The minimum atomic E-state index is -0.458. The van der Waals surface area contributed by atoms with E-state index in [1.807, 2.05) is 39.8 Å². The summed E-state index contributed by atoms with van der Waals surface area (Å²) in [6.45, 7) is 9.68. The molecule has 0 spiro atoms. The van der Waals surface area contributed by atoms with Gasteiger partial charge in [-0.05, 0) is 19.4 Å². The first-order chi connectivity index (χ1) is 9.68. The number of carbonyl (C=O) groups excluding carboxylic acids is 1. The van der Waals surface area contributed by atoms with Crippen LogP contribution in [-0.4, -0.2) is 10.9 Å². The smallest absolute Gasteiger partial charge is 0.231 e. The first kappa shape index (κ1) is 15.5. The molecule has 0 radical (unpaired) electrons. The van der Waals surface area contributed by atoms with Crippen molar-refractivity contribution in [2.75, 3.05) is 11.1 Å². The number of nitrogens with two attached hydrogens (primary N) is 1. The zero-order valence-corrected chi connectivity index (χ0v) is 13.9. The number of benzene rings is 1. The van der Waals surface area contributed by atoms with Crippen LogP contribution in [0.3, 0.4) is 0 Å². The lowest BCUT2D eigenvalue weighted by Gasteiger charge is -2.15. The van der Waals surface area contributed by atoms with Crippen molar-refractivity contribution in [3.05, 3.63) is 29.3 Å². The maximum Gasteiger partial charge on any atom is 0.231 e. The highest BCUT2D eigenvalue weighted by Gasteiger charge is 2.23. The van der Waals surface area contributed by atoms with Crippen molar-refractivity contribution in [2.24, 2.45) is 5.41 Å². The summed E-state index contributed by atoms with van der Waals surface area (Å²) < 4.78 is 0. The van der Waals surface area contributed by atoms with Crippen LogP contribution in [-0.2, 0) is 4.79 Å². The van der Waals surface area contributed by atoms with Crippen LogP contribution in [0.25, 0.3) is 11.3 Å². The van der Waals surface area contributed by atoms with Crippen LogP contribution in [0.4, 0.5) is 10.1 Å². The van der Waals surface area contributed by atoms with Crippen molar-refractivity contribution in [3.8, 4) is 11.3 Å². The fourth-order valence-electron chi connectivity index (χ4n) is 1.94. The number of hydrogen-bond acceptors (Lipinski definition) is 4. The Morgan fingerprint density at radius 3 is 2.52 bits per heavy atom. The molecule has 112 valence electrons. The van der Waals surface area contributed by atoms with E-state index in [1.165, 1.54) is 16.9 Å². The second-order valence-electron chi connectivity index (χ2n) is 6.25. The zero-order valence-electron chi connectivity index (χ0n) is 13.1. The van der Waals surface area contributed by atoms with Gasteiger partial charge in [0.25, 0.3) is 0 Å². The first-order valence-corrected chi connectivity index (χ1v) is 7.65. The molecule has 0 aliphatic carbocycles. The number of aromatic nitrogens is 1. The van der Waals surface area contributed by atoms with Gasteiger partial charge in [-0.1, -0.05) is 55.9 Å². The van der Waals surface area contributed by atoms with E-state index in [2.05, 4.69) is 23.3 Å². The molecule has 2 rings (SSSR count). The second-order valence-corrected chi connectivity index (χ2v) is 7.29. The first-order valence-electron chi connectivity index (χ1n) is 6.84. The molecule has 0 bridgehead atoms. The average Bonchev–Trinajstić information content (AvgIpc) is 2.69. The molecule has 0 saturated carbocycles. The molecule has 3 N–H and O–H groups in total. The van der Waals surface area contributed by atoms with E-state index in [1.54, 1.807) is 0 Å². The van der Waals surface area contributed by atoms with E-state index in [0.29, 0.717) is 10.1 Å². The molecule has 0 aliphatic heterocycles. The third-order valence-electron chi connectivity index (χ3n) is 3.19. The maximum absolute atomic E-state index is 12.0. The average molecular weight is 303 g/mol. The molecule has 0 unspecified atom stereocenters. The predicted octanol–water partition coefficient (Wildman–Crippen LogP) is 3.99. The van der Waals surface area contributed by atoms with E-state index in [0.717, 1.165) is 16.8 Å². The maximum atomic E-state index is 12.0. The second kappa shape index (κ2) is 5.48. The standard InChI is InChI=1S/C16H21N3OS/c1-9-6-7-11(10(2)8-9)12-13(17)21-15(18-12)19-14(20)16(3,4)5/h6-8H,17H2,1-5H3,(H,18,19,20). The van der Waals surface area contributed by atoms with Crippen molar-refractivity contribution in [1.82, 2.24) is 4.98 Å². The molecule has 1 aromatic heterocycles. The number of anilines is 2. The van der Waals surface area contributed by atoms with Crippen LogP contribution in [0.5, 0.6) is 0 Å². The number of nitrogens with zero attached hydrogens (tertiary/aromatic N) is 1. The number of aryl methyl sites for hydroxylation is 2. The molecular formula is C16H21N3OS. The SMILES string of the molecule is Cc1ccc(-c2nc(NC(=O)C(C)(C)C)sc2N)c(C)c1. The highest BCUT2D eigenvalue weighted by atomic mass is 32.1. The summed E-state index contributed by atoms with van der Waals surface area (Å²) in [5.41, 5.74) is 9.68. The minimum Gasteiger partial charge on any atom is -0.389 e. The highest BCUT2D eigenvalue weighted by Crippen LogP contribution is 2.35. The molecular weight excluding hydrogens is 282 g/mol. The monoisotopic (exact) mass is 303 g/mol. The van der Waals surface area contributed by atoms with Crippen LogP contribution in [0.1, 0.15) is 31.9 Å². The Kier molecular flexibility index (Phi) is 4.05. The van der Waals surface area contributed by atoms with Crippen LogP contribution < -0.4 is 11.1 Å². The van der Waals surface area contributed by atoms with Gasteiger partial charge in [0, 0.05) is 11.0 Å². The molecule has 1 amide bonds. The van der Waals surface area contributed by atoms with Crippen LogP contribution in [0.2, 0.25) is 0 Å². The molecule has 5 heteroatoms. The van der Waals surface area contributed by atoms with Gasteiger partial charge < -0.3 is 11.1 Å². The van der Waals surface area contributed by atoms with Gasteiger partial charge in [-0.15, -0.1) is 0 Å². The summed E-state index contributed by atoms with van der Waals surface area (Å²) in [7, 11) is 0. The normalized spacial score (nSPS) is 11.5.